The number of esters is 1. The van der Waals surface area contributed by atoms with Crippen LogP contribution in [0.4, 0.5) is 4.39 Å². The monoisotopic (exact) mass is 426 g/mol. The van der Waals surface area contributed by atoms with E-state index in [1.54, 1.807) is 26.0 Å². The third-order valence-corrected chi connectivity index (χ3v) is 5.72. The van der Waals surface area contributed by atoms with Crippen molar-refractivity contribution in [2.45, 2.75) is 39.4 Å². The van der Waals surface area contributed by atoms with Crippen molar-refractivity contribution < 1.29 is 23.5 Å². The summed E-state index contributed by atoms with van der Waals surface area (Å²) in [6.07, 6.45) is 0. The van der Waals surface area contributed by atoms with Crippen molar-refractivity contribution in [1.29, 1.82) is 0 Å². The van der Waals surface area contributed by atoms with Crippen molar-refractivity contribution in [1.82, 2.24) is 10.2 Å². The SMILES string of the molecule is CCOC(=O)C1C(C)C(C(=O)NCc2ccc(F)cc2)N(C(C)=O)C1c1ccccc1. The fourth-order valence-electron chi connectivity index (χ4n) is 4.34. The lowest BCUT2D eigenvalue weighted by molar-refractivity contribution is -0.150. The van der Waals surface area contributed by atoms with Crippen LogP contribution < -0.4 is 5.32 Å². The van der Waals surface area contributed by atoms with Gasteiger partial charge in [-0.3, -0.25) is 14.4 Å². The number of hydrogen-bond donors (Lipinski definition) is 1. The molecule has 4 unspecified atom stereocenters. The van der Waals surface area contributed by atoms with Gasteiger partial charge in [-0.25, -0.2) is 4.39 Å². The fourth-order valence-corrected chi connectivity index (χ4v) is 4.34. The summed E-state index contributed by atoms with van der Waals surface area (Å²) in [5.74, 6) is -2.57. The molecule has 7 heteroatoms. The molecule has 164 valence electrons. The molecule has 0 spiro atoms. The number of carbonyl (C=O) groups is 3. The van der Waals surface area contributed by atoms with Gasteiger partial charge < -0.3 is 15.0 Å². The smallest absolute Gasteiger partial charge is 0.311 e. The summed E-state index contributed by atoms with van der Waals surface area (Å²) in [6.45, 7) is 5.32. The molecule has 1 fully saturated rings. The number of benzene rings is 2. The number of hydrogen-bond acceptors (Lipinski definition) is 4. The first kappa shape index (κ1) is 22.5. The number of amides is 2. The van der Waals surface area contributed by atoms with E-state index in [9.17, 15) is 18.8 Å². The summed E-state index contributed by atoms with van der Waals surface area (Å²) in [6, 6.07) is 13.6. The second-order valence-electron chi connectivity index (χ2n) is 7.71. The van der Waals surface area contributed by atoms with Crippen LogP contribution in [0.3, 0.4) is 0 Å². The summed E-state index contributed by atoms with van der Waals surface area (Å²) < 4.78 is 18.4. The molecule has 0 aromatic heterocycles. The Kier molecular flexibility index (Phi) is 7.05. The van der Waals surface area contributed by atoms with Gasteiger partial charge in [0.2, 0.25) is 11.8 Å². The quantitative estimate of drug-likeness (QED) is 0.720. The first-order chi connectivity index (χ1) is 14.8. The van der Waals surface area contributed by atoms with Crippen LogP contribution >= 0.6 is 0 Å². The topological polar surface area (TPSA) is 75.7 Å². The predicted octanol–water partition coefficient (Wildman–Crippen LogP) is 3.23. The van der Waals surface area contributed by atoms with Gasteiger partial charge in [0, 0.05) is 19.4 Å². The summed E-state index contributed by atoms with van der Waals surface area (Å²) >= 11 is 0. The molecular weight excluding hydrogens is 399 g/mol. The van der Waals surface area contributed by atoms with Crippen molar-refractivity contribution in [3.8, 4) is 0 Å². The van der Waals surface area contributed by atoms with Gasteiger partial charge in [-0.2, -0.15) is 0 Å². The highest BCUT2D eigenvalue weighted by atomic mass is 19.1. The van der Waals surface area contributed by atoms with E-state index in [1.807, 2.05) is 30.3 Å². The van der Waals surface area contributed by atoms with Crippen LogP contribution in [0.15, 0.2) is 54.6 Å². The van der Waals surface area contributed by atoms with Gasteiger partial charge in [-0.15, -0.1) is 0 Å². The van der Waals surface area contributed by atoms with Crippen LogP contribution in [-0.2, 0) is 25.7 Å². The molecule has 0 radical (unpaired) electrons. The van der Waals surface area contributed by atoms with E-state index in [1.165, 1.54) is 24.0 Å². The van der Waals surface area contributed by atoms with E-state index < -0.39 is 29.9 Å². The average Bonchev–Trinajstić information content (AvgIpc) is 3.07. The normalized spacial score (nSPS) is 22.8. The van der Waals surface area contributed by atoms with Gasteiger partial charge in [-0.1, -0.05) is 49.4 Å². The highest BCUT2D eigenvalue weighted by Gasteiger charge is 2.54. The molecule has 1 aliphatic heterocycles. The minimum absolute atomic E-state index is 0.189. The number of nitrogens with one attached hydrogen (secondary N) is 1. The van der Waals surface area contributed by atoms with Gasteiger partial charge in [-0.05, 0) is 30.2 Å². The van der Waals surface area contributed by atoms with Gasteiger partial charge in [0.05, 0.1) is 18.6 Å². The zero-order chi connectivity index (χ0) is 22.5. The van der Waals surface area contributed by atoms with E-state index in [4.69, 9.17) is 4.74 Å². The molecule has 1 N–H and O–H groups in total. The molecule has 1 saturated heterocycles. The van der Waals surface area contributed by atoms with Crippen molar-refractivity contribution in [3.05, 3.63) is 71.5 Å². The van der Waals surface area contributed by atoms with Crippen LogP contribution in [-0.4, -0.2) is 35.3 Å². The van der Waals surface area contributed by atoms with Gasteiger partial charge in [0.25, 0.3) is 0 Å². The van der Waals surface area contributed by atoms with Crippen LogP contribution in [0, 0.1) is 17.7 Å². The molecular formula is C24H27FN2O4. The maximum atomic E-state index is 13.2. The third-order valence-electron chi connectivity index (χ3n) is 5.72. The lowest BCUT2D eigenvalue weighted by Crippen LogP contribution is -2.47. The van der Waals surface area contributed by atoms with Crippen LogP contribution in [0.5, 0.6) is 0 Å². The molecule has 0 bridgehead atoms. The van der Waals surface area contributed by atoms with E-state index in [0.29, 0.717) is 0 Å². The van der Waals surface area contributed by atoms with Crippen LogP contribution in [0.1, 0.15) is 37.9 Å². The molecule has 6 nitrogen and oxygen atoms in total. The minimum atomic E-state index is -0.836. The molecule has 4 atom stereocenters. The Morgan fingerprint density at radius 2 is 1.71 bits per heavy atom. The molecule has 1 aliphatic rings. The lowest BCUT2D eigenvalue weighted by atomic mass is 9.85. The molecule has 2 aromatic rings. The Morgan fingerprint density at radius 3 is 2.29 bits per heavy atom. The minimum Gasteiger partial charge on any atom is -0.466 e. The number of carbonyl (C=O) groups excluding carboxylic acids is 3. The third kappa shape index (κ3) is 4.76. The Labute approximate surface area is 181 Å². The summed E-state index contributed by atoms with van der Waals surface area (Å²) in [4.78, 5) is 40.2. The van der Waals surface area contributed by atoms with Crippen LogP contribution in [0.2, 0.25) is 0 Å². The zero-order valence-electron chi connectivity index (χ0n) is 17.9. The lowest BCUT2D eigenvalue weighted by Gasteiger charge is -2.30. The molecule has 2 amide bonds. The second kappa shape index (κ2) is 9.73. The Morgan fingerprint density at radius 1 is 1.06 bits per heavy atom. The molecule has 2 aromatic carbocycles. The Balaban J connectivity index is 1.92. The number of halogens is 1. The summed E-state index contributed by atoms with van der Waals surface area (Å²) in [7, 11) is 0. The van der Waals surface area contributed by atoms with Crippen LogP contribution in [0.25, 0.3) is 0 Å². The van der Waals surface area contributed by atoms with E-state index in [0.717, 1.165) is 11.1 Å². The van der Waals surface area contributed by atoms with E-state index >= 15 is 0 Å². The van der Waals surface area contributed by atoms with Crippen molar-refractivity contribution in [2.75, 3.05) is 6.61 Å². The second-order valence-corrected chi connectivity index (χ2v) is 7.71. The van der Waals surface area contributed by atoms with Gasteiger partial charge >= 0.3 is 5.97 Å². The first-order valence-electron chi connectivity index (χ1n) is 10.4. The van der Waals surface area contributed by atoms with Gasteiger partial charge in [0.1, 0.15) is 11.9 Å². The molecule has 3 rings (SSSR count). The molecule has 1 heterocycles. The largest absolute Gasteiger partial charge is 0.466 e. The van der Waals surface area contributed by atoms with Crippen molar-refractivity contribution in [2.24, 2.45) is 11.8 Å². The maximum absolute atomic E-state index is 13.2. The Hall–Kier alpha value is -3.22. The van der Waals surface area contributed by atoms with E-state index in [-0.39, 0.29) is 30.8 Å². The molecule has 0 aliphatic carbocycles. The Bertz CT molecular complexity index is 932. The summed E-state index contributed by atoms with van der Waals surface area (Å²) in [5.41, 5.74) is 1.51. The van der Waals surface area contributed by atoms with Gasteiger partial charge in [0.15, 0.2) is 0 Å². The number of ether oxygens (including phenoxy) is 1. The highest BCUT2D eigenvalue weighted by molar-refractivity contribution is 5.90. The fraction of sp³-hybridized carbons (Fsp3) is 0.375. The number of rotatable bonds is 6. The molecule has 0 saturated carbocycles. The zero-order valence-corrected chi connectivity index (χ0v) is 17.9. The standard InChI is InChI=1S/C24H27FN2O4/c1-4-31-24(30)20-15(2)21(23(29)26-14-17-10-12-19(25)13-11-17)27(16(3)28)22(20)18-8-6-5-7-9-18/h5-13,15,20-22H,4,14H2,1-3H3,(H,26,29). The highest BCUT2D eigenvalue weighted by Crippen LogP contribution is 2.45. The summed E-state index contributed by atoms with van der Waals surface area (Å²) in [5, 5.41) is 2.83. The van der Waals surface area contributed by atoms with Crippen molar-refractivity contribution in [3.63, 3.8) is 0 Å². The van der Waals surface area contributed by atoms with Crippen molar-refractivity contribution >= 4 is 17.8 Å². The average molecular weight is 426 g/mol. The molecule has 31 heavy (non-hydrogen) atoms. The number of nitrogens with zero attached hydrogens (tertiary/aromatic N) is 1. The van der Waals surface area contributed by atoms with E-state index in [2.05, 4.69) is 5.32 Å². The first-order valence-corrected chi connectivity index (χ1v) is 10.4. The maximum Gasteiger partial charge on any atom is 0.311 e. The number of likely N-dealkylation sites (tertiary alicyclic amines) is 1. The predicted molar refractivity (Wildman–Crippen MR) is 113 cm³/mol.